The summed E-state index contributed by atoms with van der Waals surface area (Å²) >= 11 is 0. The molecule has 0 aromatic heterocycles. The standard InChI is InChI=1S/C16H24O3/c1-3-18-13(2)16-7-5-4-6-14(16)12-19-15-8-10-17-11-9-15/h6-7,15H,2-5,8-12H2,1H3. The van der Waals surface area contributed by atoms with Crippen LogP contribution in [0.4, 0.5) is 0 Å². The van der Waals surface area contributed by atoms with Crippen molar-refractivity contribution in [1.29, 1.82) is 0 Å². The van der Waals surface area contributed by atoms with Crippen LogP contribution in [0.25, 0.3) is 0 Å². The van der Waals surface area contributed by atoms with Gasteiger partial charge >= 0.3 is 0 Å². The fourth-order valence-corrected chi connectivity index (χ4v) is 2.46. The molecule has 0 aromatic rings. The maximum Gasteiger partial charge on any atom is 0.119 e. The summed E-state index contributed by atoms with van der Waals surface area (Å²) in [6, 6.07) is 0. The van der Waals surface area contributed by atoms with E-state index in [1.807, 2.05) is 6.92 Å². The fraction of sp³-hybridized carbons (Fsp3) is 0.625. The van der Waals surface area contributed by atoms with Crippen LogP contribution in [0.3, 0.4) is 0 Å². The second kappa shape index (κ2) is 7.51. The van der Waals surface area contributed by atoms with Gasteiger partial charge < -0.3 is 14.2 Å². The molecule has 0 saturated carbocycles. The minimum atomic E-state index is 0.332. The molecule has 0 radical (unpaired) electrons. The predicted molar refractivity (Wildman–Crippen MR) is 76.0 cm³/mol. The Bertz CT molecular complexity index is 362. The van der Waals surface area contributed by atoms with Crippen molar-refractivity contribution in [3.05, 3.63) is 35.6 Å². The molecule has 1 heterocycles. The molecular formula is C16H24O3. The highest BCUT2D eigenvalue weighted by Gasteiger charge is 2.18. The first-order valence-corrected chi connectivity index (χ1v) is 7.22. The molecule has 3 nitrogen and oxygen atoms in total. The maximum absolute atomic E-state index is 6.00. The molecule has 2 aliphatic rings. The van der Waals surface area contributed by atoms with E-state index < -0.39 is 0 Å². The van der Waals surface area contributed by atoms with Crippen LogP contribution in [0.5, 0.6) is 0 Å². The van der Waals surface area contributed by atoms with Gasteiger partial charge in [0.05, 0.1) is 19.3 Å². The van der Waals surface area contributed by atoms with E-state index in [1.54, 1.807) is 0 Å². The van der Waals surface area contributed by atoms with E-state index in [2.05, 4.69) is 18.7 Å². The van der Waals surface area contributed by atoms with Crippen LogP contribution in [0, 0.1) is 0 Å². The van der Waals surface area contributed by atoms with Gasteiger partial charge in [-0.1, -0.05) is 18.7 Å². The zero-order chi connectivity index (χ0) is 13.5. The Labute approximate surface area is 115 Å². The van der Waals surface area contributed by atoms with Crippen LogP contribution >= 0.6 is 0 Å². The summed E-state index contributed by atoms with van der Waals surface area (Å²) < 4.78 is 16.9. The summed E-state index contributed by atoms with van der Waals surface area (Å²) in [5, 5.41) is 0. The normalized spacial score (nSPS) is 20.7. The molecule has 2 rings (SSSR count). The quantitative estimate of drug-likeness (QED) is 0.688. The first-order chi connectivity index (χ1) is 9.31. The monoisotopic (exact) mass is 264 g/mol. The van der Waals surface area contributed by atoms with Crippen LogP contribution in [-0.2, 0) is 14.2 Å². The van der Waals surface area contributed by atoms with Crippen LogP contribution in [-0.4, -0.2) is 32.5 Å². The van der Waals surface area contributed by atoms with E-state index in [4.69, 9.17) is 14.2 Å². The van der Waals surface area contributed by atoms with Gasteiger partial charge in [-0.2, -0.15) is 0 Å². The van der Waals surface area contributed by atoms with E-state index in [-0.39, 0.29) is 0 Å². The van der Waals surface area contributed by atoms with E-state index in [9.17, 15) is 0 Å². The molecule has 0 atom stereocenters. The van der Waals surface area contributed by atoms with E-state index >= 15 is 0 Å². The smallest absolute Gasteiger partial charge is 0.119 e. The van der Waals surface area contributed by atoms with Gasteiger partial charge in [-0.3, -0.25) is 0 Å². The third-order valence-corrected chi connectivity index (χ3v) is 3.51. The van der Waals surface area contributed by atoms with Crippen molar-refractivity contribution in [2.24, 2.45) is 0 Å². The molecule has 0 N–H and O–H groups in total. The topological polar surface area (TPSA) is 27.7 Å². The summed E-state index contributed by atoms with van der Waals surface area (Å²) in [6.07, 6.45) is 8.92. The van der Waals surface area contributed by atoms with Crippen LogP contribution in [0.15, 0.2) is 35.6 Å². The molecule has 1 aliphatic carbocycles. The van der Waals surface area contributed by atoms with Gasteiger partial charge in [-0.05, 0) is 38.2 Å². The SMILES string of the molecule is C=C(OCC)C1=CCCC=C1COC1CCOCC1. The predicted octanol–water partition coefficient (Wildman–Crippen LogP) is 3.38. The minimum absolute atomic E-state index is 0.332. The molecule has 1 fully saturated rings. The molecule has 0 bridgehead atoms. The first kappa shape index (κ1) is 14.4. The highest BCUT2D eigenvalue weighted by Crippen LogP contribution is 2.26. The number of rotatable bonds is 6. The first-order valence-electron chi connectivity index (χ1n) is 7.22. The molecule has 1 aliphatic heterocycles. The largest absolute Gasteiger partial charge is 0.494 e. The molecule has 0 spiro atoms. The van der Waals surface area contributed by atoms with Crippen molar-refractivity contribution in [3.8, 4) is 0 Å². The minimum Gasteiger partial charge on any atom is -0.494 e. The number of ether oxygens (including phenoxy) is 3. The fourth-order valence-electron chi connectivity index (χ4n) is 2.46. The van der Waals surface area contributed by atoms with Gasteiger partial charge in [0.25, 0.3) is 0 Å². The Balaban J connectivity index is 1.88. The van der Waals surface area contributed by atoms with Crippen molar-refractivity contribution < 1.29 is 14.2 Å². The Morgan fingerprint density at radius 3 is 2.79 bits per heavy atom. The van der Waals surface area contributed by atoms with Gasteiger partial charge in [0.2, 0.25) is 0 Å². The molecule has 0 amide bonds. The summed E-state index contributed by atoms with van der Waals surface area (Å²) in [7, 11) is 0. The van der Waals surface area contributed by atoms with E-state index in [0.717, 1.165) is 50.2 Å². The van der Waals surface area contributed by atoms with Gasteiger partial charge in [-0.15, -0.1) is 0 Å². The third-order valence-electron chi connectivity index (χ3n) is 3.51. The molecular weight excluding hydrogens is 240 g/mol. The van der Waals surface area contributed by atoms with Crippen LogP contribution < -0.4 is 0 Å². The number of allylic oxidation sites excluding steroid dienone is 3. The van der Waals surface area contributed by atoms with Crippen molar-refractivity contribution >= 4 is 0 Å². The average molecular weight is 264 g/mol. The zero-order valence-corrected chi connectivity index (χ0v) is 11.8. The Morgan fingerprint density at radius 2 is 2.05 bits per heavy atom. The lowest BCUT2D eigenvalue weighted by molar-refractivity contribution is -0.0240. The van der Waals surface area contributed by atoms with Gasteiger partial charge in [0.1, 0.15) is 5.76 Å². The summed E-state index contributed by atoms with van der Waals surface area (Å²) in [4.78, 5) is 0. The highest BCUT2D eigenvalue weighted by atomic mass is 16.5. The summed E-state index contributed by atoms with van der Waals surface area (Å²) in [5.74, 6) is 0.768. The molecule has 0 aromatic carbocycles. The Kier molecular flexibility index (Phi) is 5.67. The number of hydrogen-bond donors (Lipinski definition) is 0. The van der Waals surface area contributed by atoms with Gasteiger partial charge in [0, 0.05) is 18.8 Å². The Morgan fingerprint density at radius 1 is 1.32 bits per heavy atom. The molecule has 0 unspecified atom stereocenters. The Hall–Kier alpha value is -1.06. The second-order valence-corrected chi connectivity index (χ2v) is 4.90. The molecule has 1 saturated heterocycles. The number of hydrogen-bond acceptors (Lipinski definition) is 3. The van der Waals surface area contributed by atoms with Crippen molar-refractivity contribution in [2.45, 2.75) is 38.7 Å². The van der Waals surface area contributed by atoms with Crippen LogP contribution in [0.2, 0.25) is 0 Å². The lowest BCUT2D eigenvalue weighted by atomic mass is 9.97. The summed E-state index contributed by atoms with van der Waals surface area (Å²) in [5.41, 5.74) is 2.34. The van der Waals surface area contributed by atoms with E-state index in [1.165, 1.54) is 5.57 Å². The van der Waals surface area contributed by atoms with E-state index in [0.29, 0.717) is 19.3 Å². The molecule has 106 valence electrons. The third kappa shape index (κ3) is 4.22. The molecule has 19 heavy (non-hydrogen) atoms. The van der Waals surface area contributed by atoms with Gasteiger partial charge in [0.15, 0.2) is 0 Å². The lowest BCUT2D eigenvalue weighted by Crippen LogP contribution is -2.24. The second-order valence-electron chi connectivity index (χ2n) is 4.90. The average Bonchev–Trinajstić information content (AvgIpc) is 2.47. The highest BCUT2D eigenvalue weighted by molar-refractivity contribution is 5.44. The van der Waals surface area contributed by atoms with Crippen LogP contribution in [0.1, 0.15) is 32.6 Å². The van der Waals surface area contributed by atoms with Gasteiger partial charge in [-0.25, -0.2) is 0 Å². The lowest BCUT2D eigenvalue weighted by Gasteiger charge is -2.25. The molecule has 3 heteroatoms. The zero-order valence-electron chi connectivity index (χ0n) is 11.8. The van der Waals surface area contributed by atoms with Crippen molar-refractivity contribution in [2.75, 3.05) is 26.4 Å². The summed E-state index contributed by atoms with van der Waals surface area (Å²) in [6.45, 7) is 8.94. The maximum atomic E-state index is 6.00. The van der Waals surface area contributed by atoms with Crippen molar-refractivity contribution in [1.82, 2.24) is 0 Å². The van der Waals surface area contributed by atoms with Crippen molar-refractivity contribution in [3.63, 3.8) is 0 Å².